The monoisotopic (exact) mass is 311 g/mol. The van der Waals surface area contributed by atoms with E-state index in [2.05, 4.69) is 0 Å². The van der Waals surface area contributed by atoms with E-state index in [1.54, 1.807) is 36.4 Å². The van der Waals surface area contributed by atoms with E-state index in [0.717, 1.165) is 0 Å². The minimum absolute atomic E-state index is 0. The van der Waals surface area contributed by atoms with E-state index in [4.69, 9.17) is 17.3 Å². The van der Waals surface area contributed by atoms with Gasteiger partial charge in [-0.05, 0) is 23.8 Å². The molecule has 0 amide bonds. The van der Waals surface area contributed by atoms with Crippen molar-refractivity contribution in [1.82, 2.24) is 0 Å². The van der Waals surface area contributed by atoms with Crippen LogP contribution in [-0.2, 0) is 11.2 Å². The van der Waals surface area contributed by atoms with E-state index in [1.165, 1.54) is 6.07 Å². The Morgan fingerprint density at radius 2 is 1.81 bits per heavy atom. The zero-order valence-corrected chi connectivity index (χ0v) is 14.2. The van der Waals surface area contributed by atoms with Crippen molar-refractivity contribution in [2.75, 3.05) is 5.73 Å². The summed E-state index contributed by atoms with van der Waals surface area (Å²) in [6.45, 7) is 0. The first-order valence-corrected chi connectivity index (χ1v) is 6.24. The predicted octanol–water partition coefficient (Wildman–Crippen LogP) is -1.55. The molecule has 0 saturated heterocycles. The number of nitrogen functional groups attached to an aromatic ring is 1. The zero-order chi connectivity index (χ0) is 14.7. The van der Waals surface area contributed by atoms with Gasteiger partial charge in [-0.1, -0.05) is 35.9 Å². The Kier molecular flexibility index (Phi) is 6.42. The molecule has 0 saturated carbocycles. The van der Waals surface area contributed by atoms with Crippen molar-refractivity contribution >= 4 is 29.0 Å². The summed E-state index contributed by atoms with van der Waals surface area (Å²) in [5.41, 5.74) is 7.03. The molecule has 2 N–H and O–H groups in total. The Bertz CT molecular complexity index is 688. The minimum Gasteiger partial charge on any atom is -0.550 e. The number of carboxylic acid groups (broad SMARTS) is 1. The van der Waals surface area contributed by atoms with Crippen LogP contribution in [0.5, 0.6) is 0 Å². The molecule has 0 aliphatic heterocycles. The van der Waals surface area contributed by atoms with Crippen LogP contribution in [0.1, 0.15) is 21.5 Å². The molecule has 2 rings (SSSR count). The molecular weight excluding hydrogens is 301 g/mol. The molecule has 2 aromatic rings. The molecule has 6 heteroatoms. The number of carbonyl (C=O) groups excluding carboxylic acids is 2. The summed E-state index contributed by atoms with van der Waals surface area (Å²) in [4.78, 5) is 23.0. The van der Waals surface area contributed by atoms with Crippen molar-refractivity contribution in [3.8, 4) is 0 Å². The molecule has 102 valence electrons. The number of anilines is 1. The number of halogens is 1. The van der Waals surface area contributed by atoms with Crippen LogP contribution >= 0.6 is 11.6 Å². The third-order valence-corrected chi connectivity index (χ3v) is 3.10. The number of ketones is 1. The fraction of sp³-hybridized carbons (Fsp3) is 0.0667. The van der Waals surface area contributed by atoms with Gasteiger partial charge in [0.2, 0.25) is 0 Å². The van der Waals surface area contributed by atoms with Crippen LogP contribution in [0.15, 0.2) is 42.5 Å². The summed E-state index contributed by atoms with van der Waals surface area (Å²) in [6.07, 6.45) is -0.331. The summed E-state index contributed by atoms with van der Waals surface area (Å²) < 4.78 is 0. The Hall–Kier alpha value is -1.33. The molecule has 0 atom stereocenters. The SMILES string of the molecule is Nc1c(CC(=O)[O-])cccc1C(=O)c1cccc(Cl)c1.[Na+]. The molecule has 0 aromatic heterocycles. The number of carboxylic acids is 1. The molecular formula is C15H11ClNNaO3. The quantitative estimate of drug-likeness (QED) is 0.421. The number of hydrogen-bond donors (Lipinski definition) is 1. The number of nitrogens with two attached hydrogens (primary N) is 1. The minimum atomic E-state index is -1.25. The van der Waals surface area contributed by atoms with E-state index in [0.29, 0.717) is 16.1 Å². The Balaban J connectivity index is 0.00000220. The fourth-order valence-electron chi connectivity index (χ4n) is 1.91. The number of aliphatic carboxylic acids is 1. The second kappa shape index (κ2) is 7.61. The van der Waals surface area contributed by atoms with Gasteiger partial charge in [-0.2, -0.15) is 0 Å². The molecule has 0 radical (unpaired) electrons. The van der Waals surface area contributed by atoms with Gasteiger partial charge >= 0.3 is 29.6 Å². The number of benzene rings is 2. The van der Waals surface area contributed by atoms with Crippen LogP contribution in [0.4, 0.5) is 5.69 Å². The number of para-hydroxylation sites is 1. The van der Waals surface area contributed by atoms with Gasteiger partial charge < -0.3 is 15.6 Å². The van der Waals surface area contributed by atoms with Gasteiger partial charge in [0.25, 0.3) is 0 Å². The van der Waals surface area contributed by atoms with Crippen LogP contribution in [-0.4, -0.2) is 11.8 Å². The first-order chi connectivity index (χ1) is 9.49. The molecule has 0 fully saturated rings. The van der Waals surface area contributed by atoms with E-state index in [1.807, 2.05) is 0 Å². The topological polar surface area (TPSA) is 83.2 Å². The maximum absolute atomic E-state index is 12.4. The molecule has 2 aromatic carbocycles. The van der Waals surface area contributed by atoms with Gasteiger partial charge in [0.05, 0.1) is 0 Å². The Labute approximate surface area is 149 Å². The van der Waals surface area contributed by atoms with Gasteiger partial charge in [-0.25, -0.2) is 0 Å². The van der Waals surface area contributed by atoms with Crippen LogP contribution in [0, 0.1) is 0 Å². The Morgan fingerprint density at radius 3 is 2.43 bits per heavy atom. The van der Waals surface area contributed by atoms with Crippen molar-refractivity contribution in [1.29, 1.82) is 0 Å². The van der Waals surface area contributed by atoms with Crippen molar-refractivity contribution in [2.45, 2.75) is 6.42 Å². The molecule has 0 aliphatic rings. The average molecular weight is 312 g/mol. The fourth-order valence-corrected chi connectivity index (χ4v) is 2.10. The van der Waals surface area contributed by atoms with Crippen LogP contribution in [0.3, 0.4) is 0 Å². The first kappa shape index (κ1) is 17.7. The zero-order valence-electron chi connectivity index (χ0n) is 11.4. The number of hydrogen-bond acceptors (Lipinski definition) is 4. The van der Waals surface area contributed by atoms with Crippen molar-refractivity contribution < 1.29 is 44.3 Å². The molecule has 0 heterocycles. The second-order valence-corrected chi connectivity index (χ2v) is 4.70. The van der Waals surface area contributed by atoms with Crippen LogP contribution in [0.2, 0.25) is 5.02 Å². The van der Waals surface area contributed by atoms with Crippen molar-refractivity contribution in [3.05, 3.63) is 64.2 Å². The maximum Gasteiger partial charge on any atom is 1.00 e. The molecule has 21 heavy (non-hydrogen) atoms. The summed E-state index contributed by atoms with van der Waals surface area (Å²) >= 11 is 5.85. The van der Waals surface area contributed by atoms with E-state index in [9.17, 15) is 14.7 Å². The van der Waals surface area contributed by atoms with Gasteiger partial charge in [-0.3, -0.25) is 4.79 Å². The molecule has 0 unspecified atom stereocenters. The van der Waals surface area contributed by atoms with Crippen LogP contribution in [0.25, 0.3) is 0 Å². The maximum atomic E-state index is 12.4. The molecule has 4 nitrogen and oxygen atoms in total. The largest absolute Gasteiger partial charge is 1.00 e. The third kappa shape index (κ3) is 4.32. The molecule has 0 aliphatic carbocycles. The first-order valence-electron chi connectivity index (χ1n) is 5.86. The predicted molar refractivity (Wildman–Crippen MR) is 74.4 cm³/mol. The van der Waals surface area contributed by atoms with Crippen molar-refractivity contribution in [2.24, 2.45) is 0 Å². The van der Waals surface area contributed by atoms with Crippen molar-refractivity contribution in [3.63, 3.8) is 0 Å². The third-order valence-electron chi connectivity index (χ3n) is 2.86. The number of rotatable bonds is 4. The molecule has 0 spiro atoms. The van der Waals surface area contributed by atoms with Gasteiger partial charge in [0, 0.05) is 34.2 Å². The standard InChI is InChI=1S/C15H12ClNO3.Na/c16-11-5-1-4-10(7-11)15(20)12-6-2-3-9(14(12)17)8-13(18)19;/h1-7H,8,17H2,(H,18,19);/q;+1/p-1. The van der Waals surface area contributed by atoms with Gasteiger partial charge in [0.15, 0.2) is 5.78 Å². The molecule has 0 bridgehead atoms. The summed E-state index contributed by atoms with van der Waals surface area (Å²) in [5, 5.41) is 11.1. The van der Waals surface area contributed by atoms with E-state index in [-0.39, 0.29) is 53.0 Å². The van der Waals surface area contributed by atoms with E-state index < -0.39 is 5.97 Å². The van der Waals surface area contributed by atoms with Gasteiger partial charge in [0.1, 0.15) is 0 Å². The normalized spacial score (nSPS) is 9.76. The van der Waals surface area contributed by atoms with Crippen LogP contribution < -0.4 is 40.4 Å². The van der Waals surface area contributed by atoms with E-state index >= 15 is 0 Å². The van der Waals surface area contributed by atoms with Gasteiger partial charge in [-0.15, -0.1) is 0 Å². The summed E-state index contributed by atoms with van der Waals surface area (Å²) in [7, 11) is 0. The Morgan fingerprint density at radius 1 is 1.14 bits per heavy atom. The average Bonchev–Trinajstić information content (AvgIpc) is 2.40. The smallest absolute Gasteiger partial charge is 0.550 e. The summed E-state index contributed by atoms with van der Waals surface area (Å²) in [6, 6.07) is 11.2. The second-order valence-electron chi connectivity index (χ2n) is 4.27. The summed E-state index contributed by atoms with van der Waals surface area (Å²) in [5.74, 6) is -1.55. The number of carbonyl (C=O) groups is 2.